The first-order valence-electron chi connectivity index (χ1n) is 7.29. The standard InChI is InChI=1S/C16H21ClN2O2/c1-4-10(2)15-16(21)19(9-14(20)18-15)11(3)12-5-7-13(17)8-6-12/h5-8,10-11,15H,4,9H2,1-3H3,(H,18,20). The van der Waals surface area contributed by atoms with E-state index in [1.807, 2.05) is 32.9 Å². The Morgan fingerprint density at radius 1 is 1.29 bits per heavy atom. The zero-order valence-corrected chi connectivity index (χ0v) is 13.4. The maximum absolute atomic E-state index is 12.6. The number of halogens is 1. The molecule has 5 heteroatoms. The van der Waals surface area contributed by atoms with Crippen LogP contribution in [0.4, 0.5) is 0 Å². The van der Waals surface area contributed by atoms with E-state index in [1.165, 1.54) is 0 Å². The van der Waals surface area contributed by atoms with Crippen LogP contribution in [0.1, 0.15) is 38.8 Å². The number of hydrogen-bond acceptors (Lipinski definition) is 2. The molecule has 1 aliphatic rings. The summed E-state index contributed by atoms with van der Waals surface area (Å²) < 4.78 is 0. The number of carbonyl (C=O) groups is 2. The van der Waals surface area contributed by atoms with E-state index in [-0.39, 0.29) is 30.3 Å². The molecular weight excluding hydrogens is 288 g/mol. The van der Waals surface area contributed by atoms with Gasteiger partial charge in [0.1, 0.15) is 12.6 Å². The Balaban J connectivity index is 2.22. The Bertz CT molecular complexity index is 530. The summed E-state index contributed by atoms with van der Waals surface area (Å²) in [6, 6.07) is 6.82. The van der Waals surface area contributed by atoms with E-state index in [1.54, 1.807) is 17.0 Å². The predicted octanol–water partition coefficient (Wildman–Crippen LogP) is 2.77. The van der Waals surface area contributed by atoms with Gasteiger partial charge in [0.05, 0.1) is 6.04 Å². The molecule has 0 radical (unpaired) electrons. The Hall–Kier alpha value is -1.55. The van der Waals surface area contributed by atoms with E-state index < -0.39 is 6.04 Å². The molecule has 0 saturated carbocycles. The van der Waals surface area contributed by atoms with Gasteiger partial charge in [0.2, 0.25) is 11.8 Å². The number of amides is 2. The minimum atomic E-state index is -0.425. The second-order valence-electron chi connectivity index (χ2n) is 5.62. The van der Waals surface area contributed by atoms with Crippen molar-refractivity contribution in [2.75, 3.05) is 6.54 Å². The number of benzene rings is 1. The second-order valence-corrected chi connectivity index (χ2v) is 6.06. The SMILES string of the molecule is CCC(C)C1NC(=O)CN(C(C)c2ccc(Cl)cc2)C1=O. The van der Waals surface area contributed by atoms with E-state index in [9.17, 15) is 9.59 Å². The van der Waals surface area contributed by atoms with Crippen LogP contribution in [0, 0.1) is 5.92 Å². The summed E-state index contributed by atoms with van der Waals surface area (Å²) in [7, 11) is 0. The van der Waals surface area contributed by atoms with Crippen molar-refractivity contribution in [3.63, 3.8) is 0 Å². The van der Waals surface area contributed by atoms with Crippen molar-refractivity contribution in [2.24, 2.45) is 5.92 Å². The molecule has 1 fully saturated rings. The molecular formula is C16H21ClN2O2. The monoisotopic (exact) mass is 308 g/mol. The second kappa shape index (κ2) is 6.48. The first-order chi connectivity index (χ1) is 9.93. The largest absolute Gasteiger partial charge is 0.342 e. The van der Waals surface area contributed by atoms with Gasteiger partial charge in [0.25, 0.3) is 0 Å². The van der Waals surface area contributed by atoms with Gasteiger partial charge in [0, 0.05) is 5.02 Å². The molecule has 0 bridgehead atoms. The highest BCUT2D eigenvalue weighted by Gasteiger charge is 2.37. The molecule has 2 amide bonds. The molecule has 0 aromatic heterocycles. The average Bonchev–Trinajstić information content (AvgIpc) is 2.48. The van der Waals surface area contributed by atoms with Gasteiger partial charge < -0.3 is 10.2 Å². The number of nitrogens with zero attached hydrogens (tertiary/aromatic N) is 1. The van der Waals surface area contributed by atoms with Crippen molar-refractivity contribution in [3.8, 4) is 0 Å². The quantitative estimate of drug-likeness (QED) is 0.930. The van der Waals surface area contributed by atoms with Crippen molar-refractivity contribution in [1.29, 1.82) is 0 Å². The maximum Gasteiger partial charge on any atom is 0.246 e. The first kappa shape index (κ1) is 15.8. The van der Waals surface area contributed by atoms with Crippen molar-refractivity contribution >= 4 is 23.4 Å². The fourth-order valence-corrected chi connectivity index (χ4v) is 2.69. The number of nitrogens with one attached hydrogen (secondary N) is 1. The predicted molar refractivity (Wildman–Crippen MR) is 83.0 cm³/mol. The third-order valence-corrected chi connectivity index (χ3v) is 4.46. The summed E-state index contributed by atoms with van der Waals surface area (Å²) in [4.78, 5) is 26.2. The molecule has 1 aliphatic heterocycles. The van der Waals surface area contributed by atoms with Gasteiger partial charge in [-0.15, -0.1) is 0 Å². The topological polar surface area (TPSA) is 49.4 Å². The van der Waals surface area contributed by atoms with E-state index >= 15 is 0 Å². The summed E-state index contributed by atoms with van der Waals surface area (Å²) in [5.74, 6) is 0.0220. The highest BCUT2D eigenvalue weighted by Crippen LogP contribution is 2.25. The molecule has 1 heterocycles. The van der Waals surface area contributed by atoms with E-state index in [0.717, 1.165) is 12.0 Å². The smallest absolute Gasteiger partial charge is 0.246 e. The van der Waals surface area contributed by atoms with Gasteiger partial charge in [0.15, 0.2) is 0 Å². The molecule has 0 spiro atoms. The van der Waals surface area contributed by atoms with Crippen molar-refractivity contribution in [3.05, 3.63) is 34.9 Å². The molecule has 21 heavy (non-hydrogen) atoms. The van der Waals surface area contributed by atoms with Crippen LogP contribution in [0.2, 0.25) is 5.02 Å². The third kappa shape index (κ3) is 3.38. The highest BCUT2D eigenvalue weighted by molar-refractivity contribution is 6.30. The average molecular weight is 309 g/mol. The van der Waals surface area contributed by atoms with Gasteiger partial charge in [-0.1, -0.05) is 44.0 Å². The van der Waals surface area contributed by atoms with Gasteiger partial charge >= 0.3 is 0 Å². The normalized spacial score (nSPS) is 21.9. The lowest BCUT2D eigenvalue weighted by Gasteiger charge is -2.38. The van der Waals surface area contributed by atoms with E-state index in [4.69, 9.17) is 11.6 Å². The molecule has 1 aromatic rings. The summed E-state index contributed by atoms with van der Waals surface area (Å²) in [5.41, 5.74) is 0.977. The van der Waals surface area contributed by atoms with E-state index in [0.29, 0.717) is 5.02 Å². The Labute approximate surface area is 130 Å². The Morgan fingerprint density at radius 3 is 2.48 bits per heavy atom. The number of piperazine rings is 1. The lowest BCUT2D eigenvalue weighted by Crippen LogP contribution is -2.60. The van der Waals surface area contributed by atoms with Crippen LogP contribution < -0.4 is 5.32 Å². The maximum atomic E-state index is 12.6. The molecule has 114 valence electrons. The highest BCUT2D eigenvalue weighted by atomic mass is 35.5. The lowest BCUT2D eigenvalue weighted by atomic mass is 9.94. The van der Waals surface area contributed by atoms with Gasteiger partial charge in [-0.2, -0.15) is 0 Å². The van der Waals surface area contributed by atoms with Crippen LogP contribution in [0.5, 0.6) is 0 Å². The molecule has 1 aromatic carbocycles. The zero-order chi connectivity index (χ0) is 15.6. The zero-order valence-electron chi connectivity index (χ0n) is 12.6. The molecule has 3 atom stereocenters. The van der Waals surface area contributed by atoms with Crippen molar-refractivity contribution < 1.29 is 9.59 Å². The first-order valence-corrected chi connectivity index (χ1v) is 7.67. The Kier molecular flexibility index (Phi) is 4.88. The minimum absolute atomic E-state index is 0.00796. The molecule has 4 nitrogen and oxygen atoms in total. The van der Waals surface area contributed by atoms with Crippen LogP contribution in [0.3, 0.4) is 0 Å². The van der Waals surface area contributed by atoms with Crippen LogP contribution in [-0.2, 0) is 9.59 Å². The minimum Gasteiger partial charge on any atom is -0.342 e. The molecule has 1 saturated heterocycles. The summed E-state index contributed by atoms with van der Waals surface area (Å²) in [6.07, 6.45) is 0.847. The van der Waals surface area contributed by atoms with Gasteiger partial charge in [-0.3, -0.25) is 9.59 Å². The van der Waals surface area contributed by atoms with Crippen LogP contribution in [0.25, 0.3) is 0 Å². The van der Waals surface area contributed by atoms with Crippen LogP contribution >= 0.6 is 11.6 Å². The number of carbonyl (C=O) groups excluding carboxylic acids is 2. The van der Waals surface area contributed by atoms with Crippen LogP contribution in [-0.4, -0.2) is 29.3 Å². The van der Waals surface area contributed by atoms with Crippen molar-refractivity contribution in [2.45, 2.75) is 39.3 Å². The molecule has 1 N–H and O–H groups in total. The van der Waals surface area contributed by atoms with E-state index in [2.05, 4.69) is 5.32 Å². The fourth-order valence-electron chi connectivity index (χ4n) is 2.56. The van der Waals surface area contributed by atoms with Crippen molar-refractivity contribution in [1.82, 2.24) is 10.2 Å². The number of rotatable bonds is 4. The summed E-state index contributed by atoms with van der Waals surface area (Å²) in [5, 5.41) is 3.47. The third-order valence-electron chi connectivity index (χ3n) is 4.21. The summed E-state index contributed by atoms with van der Waals surface area (Å²) >= 11 is 5.89. The Morgan fingerprint density at radius 2 is 1.90 bits per heavy atom. The molecule has 3 unspecified atom stereocenters. The summed E-state index contributed by atoms with van der Waals surface area (Å²) in [6.45, 7) is 6.05. The van der Waals surface area contributed by atoms with Gasteiger partial charge in [-0.25, -0.2) is 0 Å². The van der Waals surface area contributed by atoms with Crippen LogP contribution in [0.15, 0.2) is 24.3 Å². The molecule has 2 rings (SSSR count). The van der Waals surface area contributed by atoms with Gasteiger partial charge in [-0.05, 0) is 30.5 Å². The molecule has 0 aliphatic carbocycles. The number of hydrogen-bond donors (Lipinski definition) is 1. The lowest BCUT2D eigenvalue weighted by molar-refractivity contribution is -0.148. The fraction of sp³-hybridized carbons (Fsp3) is 0.500.